The fourth-order valence-corrected chi connectivity index (χ4v) is 4.09. The Hall–Kier alpha value is -3.65. The van der Waals surface area contributed by atoms with Gasteiger partial charge in [-0.15, -0.1) is 0 Å². The normalized spacial score (nSPS) is 15.4. The zero-order valence-electron chi connectivity index (χ0n) is 19.2. The third kappa shape index (κ3) is 5.12. The topological polar surface area (TPSA) is 73.6 Å². The summed E-state index contributed by atoms with van der Waals surface area (Å²) in [5.74, 6) is 3.97. The number of hydrogen-bond acceptors (Lipinski definition) is 7. The van der Waals surface area contributed by atoms with Crippen LogP contribution in [0.5, 0.6) is 23.0 Å². The monoisotopic (exact) mass is 464 g/mol. The molecule has 1 saturated heterocycles. The van der Waals surface area contributed by atoms with E-state index in [1.54, 1.807) is 12.1 Å². The molecule has 0 saturated carbocycles. The van der Waals surface area contributed by atoms with E-state index < -0.39 is 0 Å². The van der Waals surface area contributed by atoms with Gasteiger partial charge in [0, 0.05) is 32.7 Å². The summed E-state index contributed by atoms with van der Waals surface area (Å²) in [6.07, 6.45) is 0. The average molecular weight is 465 g/mol. The van der Waals surface area contributed by atoms with E-state index in [0.717, 1.165) is 36.9 Å². The summed E-state index contributed by atoms with van der Waals surface area (Å²) in [5.41, 5.74) is 1.17. The lowest BCUT2D eigenvalue weighted by Gasteiger charge is -2.34. The maximum absolute atomic E-state index is 12.9. The maximum atomic E-state index is 12.9. The Morgan fingerprint density at radius 2 is 1.62 bits per heavy atom. The van der Waals surface area contributed by atoms with Gasteiger partial charge >= 0.3 is 0 Å². The molecule has 0 bridgehead atoms. The van der Waals surface area contributed by atoms with E-state index in [0.29, 0.717) is 37.0 Å². The first-order valence-electron chi connectivity index (χ1n) is 11.5. The second-order valence-corrected chi connectivity index (χ2v) is 8.22. The van der Waals surface area contributed by atoms with Crippen LogP contribution in [0.3, 0.4) is 0 Å². The Morgan fingerprint density at radius 3 is 2.38 bits per heavy atom. The van der Waals surface area contributed by atoms with Gasteiger partial charge in [-0.25, -0.2) is 0 Å². The van der Waals surface area contributed by atoms with Crippen molar-refractivity contribution in [2.75, 3.05) is 39.6 Å². The molecule has 0 aliphatic carbocycles. The Balaban J connectivity index is 1.10. The lowest BCUT2D eigenvalue weighted by atomic mass is 10.1. The third-order valence-electron chi connectivity index (χ3n) is 5.89. The average Bonchev–Trinajstić information content (AvgIpc) is 3.53. The van der Waals surface area contributed by atoms with Crippen LogP contribution >= 0.6 is 0 Å². The van der Waals surface area contributed by atoms with Crippen molar-refractivity contribution in [3.8, 4) is 23.0 Å². The standard InChI is InChI=1S/C26H28N2O6/c1-2-30-20-4-6-21(7-5-20)31-17-22-8-10-24(34-22)26(29)28-13-11-27(12-14-28)16-19-3-9-23-25(15-19)33-18-32-23/h3-10,15H,2,11-14,16-18H2,1H3. The molecule has 178 valence electrons. The molecule has 1 aromatic heterocycles. The van der Waals surface area contributed by atoms with Gasteiger partial charge in [0.05, 0.1) is 6.61 Å². The van der Waals surface area contributed by atoms with Gasteiger partial charge in [-0.05, 0) is 61.0 Å². The molecule has 1 fully saturated rings. The SMILES string of the molecule is CCOc1ccc(OCc2ccc(C(=O)N3CCN(Cc4ccc5c(c4)OCO5)CC3)o2)cc1. The number of amides is 1. The number of furan rings is 1. The predicted octanol–water partition coefficient (Wildman–Crippen LogP) is 3.94. The van der Waals surface area contributed by atoms with E-state index in [-0.39, 0.29) is 19.3 Å². The zero-order chi connectivity index (χ0) is 23.3. The molecule has 0 spiro atoms. The molecule has 0 atom stereocenters. The Labute approximate surface area is 198 Å². The number of rotatable bonds is 8. The summed E-state index contributed by atoms with van der Waals surface area (Å²) in [6, 6.07) is 17.0. The number of carbonyl (C=O) groups is 1. The molecule has 2 aliphatic rings. The first-order valence-corrected chi connectivity index (χ1v) is 11.5. The number of piperazine rings is 1. The van der Waals surface area contributed by atoms with Crippen molar-refractivity contribution in [1.82, 2.24) is 9.80 Å². The highest BCUT2D eigenvalue weighted by Crippen LogP contribution is 2.33. The van der Waals surface area contributed by atoms with Crippen LogP contribution in [0.25, 0.3) is 0 Å². The Bertz CT molecular complexity index is 1120. The van der Waals surface area contributed by atoms with E-state index in [2.05, 4.69) is 11.0 Å². The van der Waals surface area contributed by atoms with Gasteiger partial charge in [-0.3, -0.25) is 9.69 Å². The molecule has 3 aromatic rings. The molecule has 0 unspecified atom stereocenters. The van der Waals surface area contributed by atoms with Crippen molar-refractivity contribution >= 4 is 5.91 Å². The van der Waals surface area contributed by atoms with Crippen LogP contribution in [-0.4, -0.2) is 55.3 Å². The highest BCUT2D eigenvalue weighted by molar-refractivity contribution is 5.91. The third-order valence-corrected chi connectivity index (χ3v) is 5.89. The minimum absolute atomic E-state index is 0.0879. The van der Waals surface area contributed by atoms with Crippen LogP contribution in [0, 0.1) is 0 Å². The van der Waals surface area contributed by atoms with Crippen LogP contribution in [0.1, 0.15) is 28.8 Å². The molecule has 1 amide bonds. The molecule has 5 rings (SSSR count). The molecule has 8 nitrogen and oxygen atoms in total. The number of nitrogens with zero attached hydrogens (tertiary/aromatic N) is 2. The van der Waals surface area contributed by atoms with E-state index in [1.165, 1.54) is 5.56 Å². The van der Waals surface area contributed by atoms with Crippen molar-refractivity contribution in [3.63, 3.8) is 0 Å². The Morgan fingerprint density at radius 1 is 0.882 bits per heavy atom. The van der Waals surface area contributed by atoms with Gasteiger partial charge in [0.1, 0.15) is 23.9 Å². The molecule has 3 heterocycles. The number of fused-ring (bicyclic) bond motifs is 1. The fourth-order valence-electron chi connectivity index (χ4n) is 4.09. The Kier molecular flexibility index (Phi) is 6.58. The van der Waals surface area contributed by atoms with Gasteiger partial charge in [-0.1, -0.05) is 6.07 Å². The van der Waals surface area contributed by atoms with Crippen LogP contribution in [-0.2, 0) is 13.2 Å². The molecule has 8 heteroatoms. The summed E-state index contributed by atoms with van der Waals surface area (Å²) in [7, 11) is 0. The number of hydrogen-bond donors (Lipinski definition) is 0. The van der Waals surface area contributed by atoms with Gasteiger partial charge in [0.25, 0.3) is 5.91 Å². The summed E-state index contributed by atoms with van der Waals surface area (Å²) in [5, 5.41) is 0. The maximum Gasteiger partial charge on any atom is 0.289 e. The smallest absolute Gasteiger partial charge is 0.289 e. The molecule has 2 aromatic carbocycles. The summed E-state index contributed by atoms with van der Waals surface area (Å²) in [6.45, 7) is 6.83. The lowest BCUT2D eigenvalue weighted by molar-refractivity contribution is 0.0594. The van der Waals surface area contributed by atoms with E-state index >= 15 is 0 Å². The van der Waals surface area contributed by atoms with Crippen molar-refractivity contribution in [1.29, 1.82) is 0 Å². The van der Waals surface area contributed by atoms with E-state index in [1.807, 2.05) is 48.2 Å². The van der Waals surface area contributed by atoms with Gasteiger partial charge < -0.3 is 28.3 Å². The van der Waals surface area contributed by atoms with Gasteiger partial charge in [0.2, 0.25) is 6.79 Å². The molecule has 2 aliphatic heterocycles. The molecular formula is C26H28N2O6. The van der Waals surface area contributed by atoms with Crippen molar-refractivity contribution in [2.45, 2.75) is 20.1 Å². The van der Waals surface area contributed by atoms with Gasteiger partial charge in [0.15, 0.2) is 17.3 Å². The second kappa shape index (κ2) is 10.1. The highest BCUT2D eigenvalue weighted by Gasteiger charge is 2.25. The largest absolute Gasteiger partial charge is 0.494 e. The summed E-state index contributed by atoms with van der Waals surface area (Å²) >= 11 is 0. The van der Waals surface area contributed by atoms with Crippen LogP contribution in [0.4, 0.5) is 0 Å². The van der Waals surface area contributed by atoms with Crippen LogP contribution < -0.4 is 18.9 Å². The first kappa shape index (κ1) is 22.2. The van der Waals surface area contributed by atoms with E-state index in [4.69, 9.17) is 23.4 Å². The summed E-state index contributed by atoms with van der Waals surface area (Å²) < 4.78 is 27.8. The number of benzene rings is 2. The van der Waals surface area contributed by atoms with Crippen LogP contribution in [0.15, 0.2) is 59.0 Å². The molecule has 0 radical (unpaired) electrons. The number of ether oxygens (including phenoxy) is 4. The second-order valence-electron chi connectivity index (χ2n) is 8.22. The quantitative estimate of drug-likeness (QED) is 0.500. The molecule has 0 N–H and O–H groups in total. The van der Waals surface area contributed by atoms with Crippen molar-refractivity contribution in [2.24, 2.45) is 0 Å². The first-order chi connectivity index (χ1) is 16.7. The van der Waals surface area contributed by atoms with Crippen molar-refractivity contribution < 1.29 is 28.2 Å². The lowest BCUT2D eigenvalue weighted by Crippen LogP contribution is -2.48. The molecular weight excluding hydrogens is 436 g/mol. The zero-order valence-corrected chi connectivity index (χ0v) is 19.2. The molecule has 34 heavy (non-hydrogen) atoms. The number of carbonyl (C=O) groups excluding carboxylic acids is 1. The predicted molar refractivity (Wildman–Crippen MR) is 124 cm³/mol. The summed E-state index contributed by atoms with van der Waals surface area (Å²) in [4.78, 5) is 17.1. The minimum atomic E-state index is -0.0879. The minimum Gasteiger partial charge on any atom is -0.494 e. The van der Waals surface area contributed by atoms with Gasteiger partial charge in [-0.2, -0.15) is 0 Å². The highest BCUT2D eigenvalue weighted by atomic mass is 16.7. The fraction of sp³-hybridized carbons (Fsp3) is 0.346. The van der Waals surface area contributed by atoms with Crippen molar-refractivity contribution in [3.05, 3.63) is 71.7 Å². The van der Waals surface area contributed by atoms with Crippen LogP contribution in [0.2, 0.25) is 0 Å². The van der Waals surface area contributed by atoms with E-state index in [9.17, 15) is 4.79 Å².